The van der Waals surface area contributed by atoms with Gasteiger partial charge in [-0.25, -0.2) is 4.79 Å². The van der Waals surface area contributed by atoms with Crippen molar-refractivity contribution in [2.45, 2.75) is 26.2 Å². The zero-order valence-electron chi connectivity index (χ0n) is 11.8. The number of aryl methyl sites for hydroxylation is 2. The monoisotopic (exact) mass is 280 g/mol. The molecule has 0 aromatic carbocycles. The minimum atomic E-state index is -0.779. The van der Waals surface area contributed by atoms with Gasteiger partial charge >= 0.3 is 12.0 Å². The Hall–Kier alpha value is -2.05. The van der Waals surface area contributed by atoms with E-state index in [1.54, 1.807) is 22.8 Å². The average Bonchev–Trinajstić information content (AvgIpc) is 2.94. The molecule has 2 rings (SSSR count). The molecule has 7 heteroatoms. The number of rotatable bonds is 4. The maximum absolute atomic E-state index is 12.1. The van der Waals surface area contributed by atoms with Crippen molar-refractivity contribution in [1.29, 1.82) is 0 Å². The van der Waals surface area contributed by atoms with Crippen LogP contribution in [0.15, 0.2) is 6.20 Å². The zero-order valence-corrected chi connectivity index (χ0v) is 11.8. The van der Waals surface area contributed by atoms with Crippen molar-refractivity contribution in [3.63, 3.8) is 0 Å². The van der Waals surface area contributed by atoms with E-state index in [9.17, 15) is 9.59 Å². The fourth-order valence-corrected chi connectivity index (χ4v) is 2.50. The fraction of sp³-hybridized carbons (Fsp3) is 0.615. The highest BCUT2D eigenvalue weighted by molar-refractivity contribution is 5.89. The van der Waals surface area contributed by atoms with Crippen LogP contribution in [-0.2, 0) is 11.8 Å². The molecule has 110 valence electrons. The Labute approximate surface area is 117 Å². The molecule has 2 heterocycles. The van der Waals surface area contributed by atoms with E-state index in [-0.39, 0.29) is 18.4 Å². The van der Waals surface area contributed by atoms with Crippen LogP contribution < -0.4 is 5.32 Å². The van der Waals surface area contributed by atoms with Crippen molar-refractivity contribution >= 4 is 17.7 Å². The molecule has 0 bridgehead atoms. The fourth-order valence-electron chi connectivity index (χ4n) is 2.50. The first-order valence-corrected chi connectivity index (χ1v) is 6.73. The van der Waals surface area contributed by atoms with Gasteiger partial charge in [-0.3, -0.25) is 9.48 Å². The van der Waals surface area contributed by atoms with Crippen molar-refractivity contribution in [1.82, 2.24) is 14.7 Å². The molecular formula is C13H20N4O3. The summed E-state index contributed by atoms with van der Waals surface area (Å²) in [6, 6.07) is -0.140. The molecule has 1 aliphatic heterocycles. The minimum Gasteiger partial charge on any atom is -0.481 e. The second kappa shape index (κ2) is 5.94. The van der Waals surface area contributed by atoms with E-state index in [1.807, 2.05) is 6.92 Å². The van der Waals surface area contributed by atoms with Gasteiger partial charge in [0.15, 0.2) is 0 Å². The predicted molar refractivity (Wildman–Crippen MR) is 73.5 cm³/mol. The molecule has 1 aromatic heterocycles. The normalized spacial score (nSPS) is 18.3. The Kier molecular flexibility index (Phi) is 4.26. The number of hydrogen-bond donors (Lipinski definition) is 2. The maximum atomic E-state index is 12.1. The summed E-state index contributed by atoms with van der Waals surface area (Å²) in [5, 5.41) is 15.7. The summed E-state index contributed by atoms with van der Waals surface area (Å²) in [5.74, 6) is -0.495. The first kappa shape index (κ1) is 14.4. The summed E-state index contributed by atoms with van der Waals surface area (Å²) in [7, 11) is 1.81. The Balaban J connectivity index is 1.85. The molecule has 1 fully saturated rings. The number of carbonyl (C=O) groups is 2. The molecule has 0 spiro atoms. The Bertz CT molecular complexity index is 512. The van der Waals surface area contributed by atoms with E-state index in [1.165, 1.54) is 0 Å². The molecule has 2 N–H and O–H groups in total. The number of aliphatic carboxylic acids is 1. The standard InChI is InChI=1S/C13H20N4O3/c1-9-11(8-16(2)15-9)14-13(20)17-6-5-10(7-17)3-4-12(18)19/h8,10H,3-7H2,1-2H3,(H,14,20)(H,18,19). The van der Waals surface area contributed by atoms with Crippen LogP contribution in [0, 0.1) is 12.8 Å². The highest BCUT2D eigenvalue weighted by Crippen LogP contribution is 2.22. The molecule has 2 amide bonds. The molecule has 0 saturated carbocycles. The SMILES string of the molecule is Cc1nn(C)cc1NC(=O)N1CCC(CCC(=O)O)C1. The smallest absolute Gasteiger partial charge is 0.321 e. The molecular weight excluding hydrogens is 260 g/mol. The zero-order chi connectivity index (χ0) is 14.7. The van der Waals surface area contributed by atoms with Crippen LogP contribution in [0.5, 0.6) is 0 Å². The summed E-state index contributed by atoms with van der Waals surface area (Å²) in [6.45, 7) is 3.14. The molecule has 1 aliphatic rings. The predicted octanol–water partition coefficient (Wildman–Crippen LogP) is 1.45. The molecule has 1 unspecified atom stereocenters. The number of likely N-dealkylation sites (tertiary alicyclic amines) is 1. The highest BCUT2D eigenvalue weighted by atomic mass is 16.4. The summed E-state index contributed by atoms with van der Waals surface area (Å²) in [5.41, 5.74) is 1.49. The van der Waals surface area contributed by atoms with E-state index < -0.39 is 5.97 Å². The summed E-state index contributed by atoms with van der Waals surface area (Å²) < 4.78 is 1.66. The molecule has 1 atom stereocenters. The van der Waals surface area contributed by atoms with E-state index >= 15 is 0 Å². The molecule has 1 saturated heterocycles. The molecule has 7 nitrogen and oxygen atoms in total. The van der Waals surface area contributed by atoms with Gasteiger partial charge in [0.05, 0.1) is 11.4 Å². The van der Waals surface area contributed by atoms with Crippen molar-refractivity contribution in [3.8, 4) is 0 Å². The van der Waals surface area contributed by atoms with E-state index in [4.69, 9.17) is 5.11 Å². The largest absolute Gasteiger partial charge is 0.481 e. The second-order valence-corrected chi connectivity index (χ2v) is 5.27. The first-order chi connectivity index (χ1) is 9.45. The van der Waals surface area contributed by atoms with Gasteiger partial charge in [0.25, 0.3) is 0 Å². The number of hydrogen-bond acceptors (Lipinski definition) is 3. The van der Waals surface area contributed by atoms with Gasteiger partial charge < -0.3 is 15.3 Å². The van der Waals surface area contributed by atoms with Crippen molar-refractivity contribution in [2.24, 2.45) is 13.0 Å². The van der Waals surface area contributed by atoms with Gasteiger partial charge in [-0.2, -0.15) is 5.10 Å². The van der Waals surface area contributed by atoms with Crippen molar-refractivity contribution in [2.75, 3.05) is 18.4 Å². The van der Waals surface area contributed by atoms with Gasteiger partial charge in [-0.15, -0.1) is 0 Å². The number of nitrogens with zero attached hydrogens (tertiary/aromatic N) is 3. The highest BCUT2D eigenvalue weighted by Gasteiger charge is 2.26. The van der Waals surface area contributed by atoms with Crippen molar-refractivity contribution < 1.29 is 14.7 Å². The third-order valence-electron chi connectivity index (χ3n) is 3.59. The summed E-state index contributed by atoms with van der Waals surface area (Å²) in [6.07, 6.45) is 3.44. The number of carboxylic acids is 1. The molecule has 0 radical (unpaired) electrons. The number of anilines is 1. The lowest BCUT2D eigenvalue weighted by atomic mass is 10.0. The third kappa shape index (κ3) is 3.49. The van der Waals surface area contributed by atoms with Crippen LogP contribution in [0.4, 0.5) is 10.5 Å². The van der Waals surface area contributed by atoms with Gasteiger partial charge in [0.2, 0.25) is 0 Å². The number of aromatic nitrogens is 2. The van der Waals surface area contributed by atoms with Crippen LogP contribution in [0.25, 0.3) is 0 Å². The van der Waals surface area contributed by atoms with Crippen LogP contribution in [0.1, 0.15) is 25.0 Å². The van der Waals surface area contributed by atoms with Crippen LogP contribution in [0.2, 0.25) is 0 Å². The maximum Gasteiger partial charge on any atom is 0.321 e. The van der Waals surface area contributed by atoms with Crippen LogP contribution in [0.3, 0.4) is 0 Å². The van der Waals surface area contributed by atoms with E-state index in [2.05, 4.69) is 10.4 Å². The van der Waals surface area contributed by atoms with Crippen molar-refractivity contribution in [3.05, 3.63) is 11.9 Å². The minimum absolute atomic E-state index is 0.140. The van der Waals surface area contributed by atoms with Gasteiger partial charge in [-0.1, -0.05) is 0 Å². The van der Waals surface area contributed by atoms with Gasteiger partial charge in [0, 0.05) is 32.8 Å². The first-order valence-electron chi connectivity index (χ1n) is 6.73. The lowest BCUT2D eigenvalue weighted by Crippen LogP contribution is -2.33. The lowest BCUT2D eigenvalue weighted by molar-refractivity contribution is -0.137. The van der Waals surface area contributed by atoms with Crippen LogP contribution >= 0.6 is 0 Å². The summed E-state index contributed by atoms with van der Waals surface area (Å²) >= 11 is 0. The van der Waals surface area contributed by atoms with Gasteiger partial charge in [-0.05, 0) is 25.7 Å². The summed E-state index contributed by atoms with van der Waals surface area (Å²) in [4.78, 5) is 24.4. The number of carbonyl (C=O) groups excluding carboxylic acids is 1. The molecule has 20 heavy (non-hydrogen) atoms. The van der Waals surface area contributed by atoms with Crippen LogP contribution in [-0.4, -0.2) is 44.9 Å². The number of nitrogens with one attached hydrogen (secondary N) is 1. The Morgan fingerprint density at radius 2 is 2.30 bits per heavy atom. The number of amides is 2. The Morgan fingerprint density at radius 3 is 2.90 bits per heavy atom. The number of carboxylic acid groups (broad SMARTS) is 1. The van der Waals surface area contributed by atoms with Gasteiger partial charge in [0.1, 0.15) is 0 Å². The topological polar surface area (TPSA) is 87.5 Å². The molecule has 0 aliphatic carbocycles. The van der Waals surface area contributed by atoms with E-state index in [0.29, 0.717) is 25.2 Å². The quantitative estimate of drug-likeness (QED) is 0.873. The average molecular weight is 280 g/mol. The second-order valence-electron chi connectivity index (χ2n) is 5.27. The Morgan fingerprint density at radius 1 is 1.55 bits per heavy atom. The third-order valence-corrected chi connectivity index (χ3v) is 3.59. The lowest BCUT2D eigenvalue weighted by Gasteiger charge is -2.16. The number of urea groups is 1. The van der Waals surface area contributed by atoms with E-state index in [0.717, 1.165) is 12.1 Å². The molecule has 1 aromatic rings.